The predicted molar refractivity (Wildman–Crippen MR) is 26.8 cm³/mol. The van der Waals surface area contributed by atoms with Gasteiger partial charge in [0.2, 0.25) is 0 Å². The van der Waals surface area contributed by atoms with Gasteiger partial charge in [-0.3, -0.25) is 4.79 Å². The minimum atomic E-state index is -0.139. The van der Waals surface area contributed by atoms with E-state index in [1.54, 1.807) is 0 Å². The predicted octanol–water partition coefficient (Wildman–Crippen LogP) is -0.186. The van der Waals surface area contributed by atoms with Crippen LogP contribution in [-0.2, 0) is 4.79 Å². The van der Waals surface area contributed by atoms with Crippen molar-refractivity contribution < 1.29 is 4.79 Å². The molecule has 0 unspecified atom stereocenters. The molecule has 1 nitrogen and oxygen atoms in total. The van der Waals surface area contributed by atoms with Gasteiger partial charge in [0.15, 0.2) is 5.12 Å². The summed E-state index contributed by atoms with van der Waals surface area (Å²) in [5, 5.41) is -0.139. The van der Waals surface area contributed by atoms with Crippen molar-refractivity contribution in [2.45, 2.75) is 6.92 Å². The molecule has 0 atom stereocenters. The Morgan fingerprint density at radius 1 is 1.80 bits per heavy atom. The first-order valence-corrected chi connectivity index (χ1v) is 1.37. The molecule has 3 heteroatoms. The Morgan fingerprint density at radius 2 is 1.80 bits per heavy atom. The summed E-state index contributed by atoms with van der Waals surface area (Å²) in [6.07, 6.45) is 0. The second-order valence-corrected chi connectivity index (χ2v) is 1.15. The molecule has 0 fully saturated rings. The van der Waals surface area contributed by atoms with Gasteiger partial charge < -0.3 is 0 Å². The van der Waals surface area contributed by atoms with Crippen LogP contribution < -0.4 is 0 Å². The van der Waals surface area contributed by atoms with Crippen molar-refractivity contribution in [2.75, 3.05) is 0 Å². The Hall–Kier alpha value is 0.617. The number of rotatable bonds is 0. The standard InChI is InChI=1S/C2H4OS.Li.H/c1-2(3)4;;/h1H3,(H,3,4);;. The van der Waals surface area contributed by atoms with Crippen LogP contribution in [0.3, 0.4) is 0 Å². The Morgan fingerprint density at radius 3 is 1.80 bits per heavy atom. The van der Waals surface area contributed by atoms with Crippen LogP contribution in [0.4, 0.5) is 0 Å². The average Bonchev–Trinajstić information content (AvgIpc) is 0.811. The van der Waals surface area contributed by atoms with E-state index in [9.17, 15) is 4.79 Å². The fourth-order valence-corrected chi connectivity index (χ4v) is 0. The number of carbonyl (C=O) groups excluding carboxylic acids is 1. The summed E-state index contributed by atoms with van der Waals surface area (Å²) < 4.78 is 0. The van der Waals surface area contributed by atoms with E-state index < -0.39 is 0 Å². The fraction of sp³-hybridized carbons (Fsp3) is 0.500. The molecule has 0 bridgehead atoms. The van der Waals surface area contributed by atoms with Crippen LogP contribution >= 0.6 is 12.6 Å². The normalized spacial score (nSPS) is 5.20. The molecule has 0 spiro atoms. The van der Waals surface area contributed by atoms with Gasteiger partial charge in [-0.15, -0.1) is 12.6 Å². The van der Waals surface area contributed by atoms with Gasteiger partial charge >= 0.3 is 18.9 Å². The van der Waals surface area contributed by atoms with Gasteiger partial charge in [0.25, 0.3) is 0 Å². The van der Waals surface area contributed by atoms with Crippen LogP contribution in [0, 0.1) is 0 Å². The van der Waals surface area contributed by atoms with Crippen molar-refractivity contribution in [3.63, 3.8) is 0 Å². The Balaban J connectivity index is 0. The van der Waals surface area contributed by atoms with Gasteiger partial charge in [-0.1, -0.05) is 0 Å². The maximum atomic E-state index is 9.31. The van der Waals surface area contributed by atoms with Gasteiger partial charge in [0.05, 0.1) is 0 Å². The molecule has 0 saturated carbocycles. The van der Waals surface area contributed by atoms with Crippen molar-refractivity contribution in [1.82, 2.24) is 0 Å². The topological polar surface area (TPSA) is 17.1 Å². The molecule has 26 valence electrons. The summed E-state index contributed by atoms with van der Waals surface area (Å²) in [5.41, 5.74) is 0. The molecule has 0 aliphatic carbocycles. The molecule has 0 aliphatic rings. The molecule has 0 aromatic heterocycles. The zero-order chi connectivity index (χ0) is 3.58. The zero-order valence-corrected chi connectivity index (χ0v) is 3.25. The van der Waals surface area contributed by atoms with E-state index >= 15 is 0 Å². The van der Waals surface area contributed by atoms with Crippen LogP contribution in [0.1, 0.15) is 6.92 Å². The molecule has 0 aliphatic heterocycles. The van der Waals surface area contributed by atoms with Crippen LogP contribution in [0.25, 0.3) is 0 Å². The van der Waals surface area contributed by atoms with Gasteiger partial charge in [-0.05, 0) is 0 Å². The Bertz CT molecular complexity index is 32.6. The molecular formula is C2H5LiOS. The quantitative estimate of drug-likeness (QED) is 0.318. The second-order valence-electron chi connectivity index (χ2n) is 0.519. The third kappa shape index (κ3) is 83.0. The molecule has 0 heterocycles. The fourth-order valence-electron chi connectivity index (χ4n) is 0. The van der Waals surface area contributed by atoms with Crippen molar-refractivity contribution in [1.29, 1.82) is 0 Å². The second kappa shape index (κ2) is 4.62. The first kappa shape index (κ1) is 9.15. The summed E-state index contributed by atoms with van der Waals surface area (Å²) in [7, 11) is 0. The molecular weight excluding hydrogens is 79.0 g/mol. The minimum absolute atomic E-state index is 0. The molecule has 0 aromatic carbocycles. The van der Waals surface area contributed by atoms with Gasteiger partial charge in [0.1, 0.15) is 0 Å². The summed E-state index contributed by atoms with van der Waals surface area (Å²) >= 11 is 3.33. The van der Waals surface area contributed by atoms with Crippen molar-refractivity contribution in [3.05, 3.63) is 0 Å². The van der Waals surface area contributed by atoms with E-state index in [0.717, 1.165) is 0 Å². The summed E-state index contributed by atoms with van der Waals surface area (Å²) in [6, 6.07) is 0. The monoisotopic (exact) mass is 84.0 g/mol. The Kier molecular flexibility index (Phi) is 8.45. The van der Waals surface area contributed by atoms with Crippen LogP contribution in [-0.4, -0.2) is 24.0 Å². The third-order valence-electron chi connectivity index (χ3n) is 0. The van der Waals surface area contributed by atoms with Crippen LogP contribution in [0.5, 0.6) is 0 Å². The van der Waals surface area contributed by atoms with E-state index in [0.29, 0.717) is 0 Å². The zero-order valence-electron chi connectivity index (χ0n) is 2.36. The van der Waals surface area contributed by atoms with E-state index in [1.807, 2.05) is 0 Å². The first-order valence-electron chi connectivity index (χ1n) is 0.928. The van der Waals surface area contributed by atoms with Crippen molar-refractivity contribution >= 4 is 36.6 Å². The van der Waals surface area contributed by atoms with Gasteiger partial charge in [-0.25, -0.2) is 0 Å². The summed E-state index contributed by atoms with van der Waals surface area (Å²) in [5.74, 6) is 0. The van der Waals surface area contributed by atoms with E-state index in [-0.39, 0.29) is 24.0 Å². The molecule has 0 amide bonds. The first-order chi connectivity index (χ1) is 1.73. The Labute approximate surface area is 48.7 Å². The maximum absolute atomic E-state index is 9.31. The van der Waals surface area contributed by atoms with Gasteiger partial charge in [-0.2, -0.15) is 0 Å². The molecule has 5 heavy (non-hydrogen) atoms. The average molecular weight is 84.1 g/mol. The van der Waals surface area contributed by atoms with Crippen LogP contribution in [0.15, 0.2) is 0 Å². The van der Waals surface area contributed by atoms with E-state index in [4.69, 9.17) is 0 Å². The number of thiol groups is 1. The summed E-state index contributed by atoms with van der Waals surface area (Å²) in [6.45, 7) is 1.39. The summed E-state index contributed by atoms with van der Waals surface area (Å²) in [4.78, 5) is 9.31. The van der Waals surface area contributed by atoms with Gasteiger partial charge in [0, 0.05) is 6.92 Å². The third-order valence-corrected chi connectivity index (χ3v) is 0. The van der Waals surface area contributed by atoms with Crippen molar-refractivity contribution in [2.24, 2.45) is 0 Å². The van der Waals surface area contributed by atoms with Crippen molar-refractivity contribution in [3.8, 4) is 0 Å². The van der Waals surface area contributed by atoms with E-state index in [1.165, 1.54) is 6.92 Å². The molecule has 0 N–H and O–H groups in total. The molecule has 0 saturated heterocycles. The molecule has 0 rings (SSSR count). The SMILES string of the molecule is CC(=O)S.[LiH]. The number of hydrogen-bond acceptors (Lipinski definition) is 1. The van der Waals surface area contributed by atoms with E-state index in [2.05, 4.69) is 12.6 Å². The van der Waals surface area contributed by atoms with Crippen LogP contribution in [0.2, 0.25) is 0 Å². The molecule has 0 radical (unpaired) electrons. The molecule has 0 aromatic rings. The number of carbonyl (C=O) groups is 1. The number of hydrogen-bond donors (Lipinski definition) is 1.